The molecule has 0 aliphatic heterocycles. The molecule has 0 saturated heterocycles. The second-order valence-corrected chi connectivity index (χ2v) is 6.75. The predicted octanol–water partition coefficient (Wildman–Crippen LogP) is 3.52. The number of hydrogen-bond donors (Lipinski definition) is 1. The summed E-state index contributed by atoms with van der Waals surface area (Å²) >= 11 is 6.83. The smallest absolute Gasteiger partial charge is 0.0798 e. The van der Waals surface area contributed by atoms with Crippen molar-refractivity contribution in [2.45, 2.75) is 19.4 Å². The first-order chi connectivity index (χ1) is 7.16. The number of halogens is 1. The molecule has 2 N–H and O–H groups in total. The number of hydrogen-bond acceptors (Lipinski definition) is 4. The Morgan fingerprint density at radius 3 is 2.87 bits per heavy atom. The molecule has 15 heavy (non-hydrogen) atoms. The number of aryl methyl sites for hydroxylation is 1. The third-order valence-corrected chi connectivity index (χ3v) is 4.88. The molecule has 0 radical (unpaired) electrons. The molecule has 0 aliphatic carbocycles. The van der Waals surface area contributed by atoms with Gasteiger partial charge in [0.25, 0.3) is 0 Å². The summed E-state index contributed by atoms with van der Waals surface area (Å²) in [6.07, 6.45) is 0.888. The van der Waals surface area contributed by atoms with Crippen molar-refractivity contribution in [3.8, 4) is 0 Å². The normalized spacial score (nSPS) is 13.0. The molecule has 2 rings (SSSR count). The highest BCUT2D eigenvalue weighted by atomic mass is 79.9. The second-order valence-electron chi connectivity index (χ2n) is 3.32. The Morgan fingerprint density at radius 1 is 1.53 bits per heavy atom. The van der Waals surface area contributed by atoms with Crippen LogP contribution in [-0.2, 0) is 6.42 Å². The van der Waals surface area contributed by atoms with E-state index in [1.807, 2.05) is 12.4 Å². The van der Waals surface area contributed by atoms with Crippen molar-refractivity contribution in [1.29, 1.82) is 0 Å². The van der Waals surface area contributed by atoms with Gasteiger partial charge in [-0.2, -0.15) is 0 Å². The van der Waals surface area contributed by atoms with E-state index in [4.69, 9.17) is 5.73 Å². The SMILES string of the molecule is Cc1ncsc1C(N)Cc1ccc(Br)s1. The molecule has 0 bridgehead atoms. The fourth-order valence-corrected chi connectivity index (χ4v) is 3.78. The maximum absolute atomic E-state index is 6.14. The Bertz CT molecular complexity index is 450. The maximum atomic E-state index is 6.14. The van der Waals surface area contributed by atoms with Gasteiger partial charge in [0.15, 0.2) is 0 Å². The van der Waals surface area contributed by atoms with Crippen molar-refractivity contribution in [1.82, 2.24) is 4.98 Å². The standard InChI is InChI=1S/C10H11BrN2S2/c1-6-10(14-5-13-6)8(12)4-7-2-3-9(11)15-7/h2-3,5,8H,4,12H2,1H3. The van der Waals surface area contributed by atoms with Gasteiger partial charge >= 0.3 is 0 Å². The van der Waals surface area contributed by atoms with Crippen LogP contribution in [0.2, 0.25) is 0 Å². The predicted molar refractivity (Wildman–Crippen MR) is 69.5 cm³/mol. The number of thiophene rings is 1. The summed E-state index contributed by atoms with van der Waals surface area (Å²) in [5.74, 6) is 0. The maximum Gasteiger partial charge on any atom is 0.0798 e. The number of thiazole rings is 1. The van der Waals surface area contributed by atoms with Gasteiger partial charge in [-0.25, -0.2) is 4.98 Å². The van der Waals surface area contributed by atoms with Crippen molar-refractivity contribution >= 4 is 38.6 Å². The lowest BCUT2D eigenvalue weighted by Crippen LogP contribution is -2.12. The van der Waals surface area contributed by atoms with Gasteiger partial charge < -0.3 is 5.73 Å². The summed E-state index contributed by atoms with van der Waals surface area (Å²) < 4.78 is 1.16. The highest BCUT2D eigenvalue weighted by Crippen LogP contribution is 2.28. The van der Waals surface area contributed by atoms with Crippen LogP contribution in [0.15, 0.2) is 21.4 Å². The van der Waals surface area contributed by atoms with Gasteiger partial charge in [0.2, 0.25) is 0 Å². The minimum Gasteiger partial charge on any atom is -0.323 e. The Labute approximate surface area is 105 Å². The molecule has 2 aromatic heterocycles. The van der Waals surface area contributed by atoms with Crippen LogP contribution in [0.1, 0.15) is 21.5 Å². The van der Waals surface area contributed by atoms with Crippen molar-refractivity contribution in [2.75, 3.05) is 0 Å². The summed E-state index contributed by atoms with van der Waals surface area (Å²) in [7, 11) is 0. The van der Waals surface area contributed by atoms with Gasteiger partial charge in [-0.15, -0.1) is 22.7 Å². The molecule has 80 valence electrons. The highest BCUT2D eigenvalue weighted by Gasteiger charge is 2.13. The Balaban J connectivity index is 2.10. The van der Waals surface area contributed by atoms with Gasteiger partial charge in [-0.1, -0.05) is 0 Å². The van der Waals surface area contributed by atoms with Gasteiger partial charge in [0, 0.05) is 22.2 Å². The average molecular weight is 303 g/mol. The average Bonchev–Trinajstić information content (AvgIpc) is 2.75. The zero-order chi connectivity index (χ0) is 10.8. The zero-order valence-corrected chi connectivity index (χ0v) is 11.5. The van der Waals surface area contributed by atoms with E-state index in [-0.39, 0.29) is 6.04 Å². The van der Waals surface area contributed by atoms with E-state index in [2.05, 4.69) is 33.0 Å². The van der Waals surface area contributed by atoms with Crippen LogP contribution in [0, 0.1) is 6.92 Å². The summed E-state index contributed by atoms with van der Waals surface area (Å²) in [5, 5.41) is 0. The van der Waals surface area contributed by atoms with Crippen LogP contribution < -0.4 is 5.73 Å². The fraction of sp³-hybridized carbons (Fsp3) is 0.300. The van der Waals surface area contributed by atoms with E-state index in [0.717, 1.165) is 15.9 Å². The van der Waals surface area contributed by atoms with Crippen LogP contribution in [0.25, 0.3) is 0 Å². The van der Waals surface area contributed by atoms with E-state index in [1.54, 1.807) is 22.7 Å². The summed E-state index contributed by atoms with van der Waals surface area (Å²) in [6.45, 7) is 2.01. The lowest BCUT2D eigenvalue weighted by molar-refractivity contribution is 0.737. The van der Waals surface area contributed by atoms with Gasteiger partial charge in [0.05, 0.1) is 15.0 Å². The first-order valence-corrected chi connectivity index (χ1v) is 7.05. The van der Waals surface area contributed by atoms with Crippen molar-refractivity contribution in [3.05, 3.63) is 36.9 Å². The van der Waals surface area contributed by atoms with E-state index in [1.165, 1.54) is 9.75 Å². The van der Waals surface area contributed by atoms with Crippen molar-refractivity contribution in [3.63, 3.8) is 0 Å². The second kappa shape index (κ2) is 4.74. The number of aromatic nitrogens is 1. The largest absolute Gasteiger partial charge is 0.323 e. The quantitative estimate of drug-likeness (QED) is 0.942. The molecule has 1 atom stereocenters. The van der Waals surface area contributed by atoms with Crippen LogP contribution in [0.3, 0.4) is 0 Å². The summed E-state index contributed by atoms with van der Waals surface area (Å²) in [6, 6.07) is 4.25. The molecule has 0 amide bonds. The molecule has 0 saturated carbocycles. The van der Waals surface area contributed by atoms with E-state index in [0.29, 0.717) is 0 Å². The van der Waals surface area contributed by atoms with Gasteiger partial charge in [0.1, 0.15) is 0 Å². The summed E-state index contributed by atoms with van der Waals surface area (Å²) in [5.41, 5.74) is 9.06. The molecule has 0 fully saturated rings. The lowest BCUT2D eigenvalue weighted by atomic mass is 10.1. The fourth-order valence-electron chi connectivity index (χ4n) is 1.44. The van der Waals surface area contributed by atoms with E-state index in [9.17, 15) is 0 Å². The molecule has 0 aromatic carbocycles. The monoisotopic (exact) mass is 302 g/mol. The molecular formula is C10H11BrN2S2. The topological polar surface area (TPSA) is 38.9 Å². The van der Waals surface area contributed by atoms with Crippen LogP contribution in [-0.4, -0.2) is 4.98 Å². The Kier molecular flexibility index (Phi) is 3.56. The lowest BCUT2D eigenvalue weighted by Gasteiger charge is -2.08. The molecule has 2 nitrogen and oxygen atoms in total. The minimum absolute atomic E-state index is 0.0723. The molecule has 1 unspecified atom stereocenters. The summed E-state index contributed by atoms with van der Waals surface area (Å²) in [4.78, 5) is 6.72. The van der Waals surface area contributed by atoms with Crippen molar-refractivity contribution in [2.24, 2.45) is 5.73 Å². The third-order valence-electron chi connectivity index (χ3n) is 2.17. The number of nitrogens with zero attached hydrogens (tertiary/aromatic N) is 1. The van der Waals surface area contributed by atoms with E-state index >= 15 is 0 Å². The molecule has 0 spiro atoms. The first kappa shape index (κ1) is 11.3. The molecule has 2 heterocycles. The van der Waals surface area contributed by atoms with Gasteiger partial charge in [-0.05, 0) is 35.0 Å². The van der Waals surface area contributed by atoms with Crippen LogP contribution in [0.4, 0.5) is 0 Å². The molecule has 5 heteroatoms. The molecular weight excluding hydrogens is 292 g/mol. The highest BCUT2D eigenvalue weighted by molar-refractivity contribution is 9.11. The third kappa shape index (κ3) is 2.66. The van der Waals surface area contributed by atoms with Crippen LogP contribution in [0.5, 0.6) is 0 Å². The number of nitrogens with two attached hydrogens (primary N) is 1. The Hall–Kier alpha value is -0.230. The molecule has 0 aliphatic rings. The van der Waals surface area contributed by atoms with E-state index < -0.39 is 0 Å². The van der Waals surface area contributed by atoms with Crippen molar-refractivity contribution < 1.29 is 0 Å². The number of rotatable bonds is 3. The van der Waals surface area contributed by atoms with Gasteiger partial charge in [-0.3, -0.25) is 0 Å². The Morgan fingerprint density at radius 2 is 2.33 bits per heavy atom. The first-order valence-electron chi connectivity index (χ1n) is 4.56. The molecule has 2 aromatic rings. The minimum atomic E-state index is 0.0723. The zero-order valence-electron chi connectivity index (χ0n) is 8.24. The van der Waals surface area contributed by atoms with Crippen LogP contribution >= 0.6 is 38.6 Å².